The Morgan fingerprint density at radius 3 is 2.59 bits per heavy atom. The van der Waals surface area contributed by atoms with Crippen LogP contribution in [0.3, 0.4) is 0 Å². The van der Waals surface area contributed by atoms with Gasteiger partial charge in [-0.25, -0.2) is 0 Å². The van der Waals surface area contributed by atoms with Gasteiger partial charge in [-0.3, -0.25) is 5.10 Å². The maximum atomic E-state index is 4.07. The van der Waals surface area contributed by atoms with Crippen LogP contribution in [-0.4, -0.2) is 22.8 Å². The topological polar surface area (TPSA) is 40.7 Å². The molecule has 0 spiro atoms. The van der Waals surface area contributed by atoms with Crippen molar-refractivity contribution in [2.45, 2.75) is 58.4 Å². The van der Waals surface area contributed by atoms with E-state index in [4.69, 9.17) is 0 Å². The summed E-state index contributed by atoms with van der Waals surface area (Å²) in [5.41, 5.74) is 4.14. The highest BCUT2D eigenvalue weighted by Gasteiger charge is 2.22. The Morgan fingerprint density at radius 1 is 1.23 bits per heavy atom. The maximum absolute atomic E-state index is 4.07. The van der Waals surface area contributed by atoms with Gasteiger partial charge in [0.25, 0.3) is 0 Å². The minimum atomic E-state index is 0.203. The van der Waals surface area contributed by atoms with Crippen molar-refractivity contribution in [3.8, 4) is 0 Å². The van der Waals surface area contributed by atoms with Gasteiger partial charge in [-0.2, -0.15) is 5.10 Å². The third-order valence-corrected chi connectivity index (χ3v) is 4.42. The number of aromatic nitrogens is 2. The first-order chi connectivity index (χ1) is 10.5. The second-order valence-corrected chi connectivity index (χ2v) is 6.93. The summed E-state index contributed by atoms with van der Waals surface area (Å²) in [6.07, 6.45) is 5.32. The number of nitrogens with one attached hydrogen (secondary N) is 2. The van der Waals surface area contributed by atoms with Crippen LogP contribution in [-0.2, 0) is 11.8 Å². The molecule has 2 rings (SSSR count). The first kappa shape index (κ1) is 16.8. The Bertz CT molecular complexity index is 557. The van der Waals surface area contributed by atoms with E-state index in [0.29, 0.717) is 6.04 Å². The van der Waals surface area contributed by atoms with Gasteiger partial charge in [0.15, 0.2) is 0 Å². The molecule has 0 fully saturated rings. The number of rotatable bonds is 8. The fourth-order valence-corrected chi connectivity index (χ4v) is 3.10. The predicted molar refractivity (Wildman–Crippen MR) is 93.2 cm³/mol. The van der Waals surface area contributed by atoms with Crippen LogP contribution < -0.4 is 5.32 Å². The quantitative estimate of drug-likeness (QED) is 0.723. The normalized spacial score (nSPS) is 13.3. The van der Waals surface area contributed by atoms with E-state index in [1.807, 2.05) is 6.20 Å². The molecule has 0 bridgehead atoms. The van der Waals surface area contributed by atoms with Gasteiger partial charge in [-0.1, -0.05) is 44.2 Å². The molecule has 1 aromatic heterocycles. The molecular formula is C19H29N3. The van der Waals surface area contributed by atoms with E-state index >= 15 is 0 Å². The molecule has 120 valence electrons. The highest BCUT2D eigenvalue weighted by molar-refractivity contribution is 5.23. The van der Waals surface area contributed by atoms with Crippen molar-refractivity contribution < 1.29 is 0 Å². The number of aromatic amines is 1. The lowest BCUT2D eigenvalue weighted by molar-refractivity contribution is 0.388. The number of hydrogen-bond acceptors (Lipinski definition) is 2. The molecule has 0 saturated carbocycles. The van der Waals surface area contributed by atoms with Crippen LogP contribution in [0.1, 0.15) is 50.4 Å². The summed E-state index contributed by atoms with van der Waals surface area (Å²) in [5, 5.41) is 10.7. The minimum absolute atomic E-state index is 0.203. The van der Waals surface area contributed by atoms with Crippen molar-refractivity contribution in [2.24, 2.45) is 0 Å². The highest BCUT2D eigenvalue weighted by atomic mass is 15.1. The van der Waals surface area contributed by atoms with Gasteiger partial charge in [0, 0.05) is 11.7 Å². The molecule has 0 saturated heterocycles. The van der Waals surface area contributed by atoms with Crippen LogP contribution >= 0.6 is 0 Å². The fourth-order valence-electron chi connectivity index (χ4n) is 3.10. The summed E-state index contributed by atoms with van der Waals surface area (Å²) in [7, 11) is 0. The van der Waals surface area contributed by atoms with Crippen LogP contribution in [0.4, 0.5) is 0 Å². The average Bonchev–Trinajstić information content (AvgIpc) is 2.89. The number of H-pyrrole nitrogens is 1. The van der Waals surface area contributed by atoms with E-state index in [0.717, 1.165) is 25.8 Å². The van der Waals surface area contributed by atoms with Crippen molar-refractivity contribution >= 4 is 0 Å². The molecule has 22 heavy (non-hydrogen) atoms. The number of benzene rings is 1. The third-order valence-electron chi connectivity index (χ3n) is 4.42. The molecule has 1 heterocycles. The smallest absolute Gasteiger partial charge is 0.0522 e. The van der Waals surface area contributed by atoms with Crippen LogP contribution in [0.15, 0.2) is 36.5 Å². The van der Waals surface area contributed by atoms with E-state index in [1.165, 1.54) is 16.8 Å². The summed E-state index contributed by atoms with van der Waals surface area (Å²) in [6, 6.07) is 11.3. The summed E-state index contributed by atoms with van der Waals surface area (Å²) in [5.74, 6) is 0. The molecule has 1 atom stereocenters. The Balaban J connectivity index is 1.73. The van der Waals surface area contributed by atoms with Crippen molar-refractivity contribution in [1.82, 2.24) is 15.5 Å². The fraction of sp³-hybridized carbons (Fsp3) is 0.526. The SMILES string of the molecule is Cc1[nH]ncc1CCCNC(C)CC(C)(C)c1ccccc1. The van der Waals surface area contributed by atoms with Crippen molar-refractivity contribution in [2.75, 3.05) is 6.54 Å². The van der Waals surface area contributed by atoms with E-state index in [2.05, 4.69) is 73.5 Å². The Hall–Kier alpha value is -1.61. The Kier molecular flexibility index (Phi) is 5.78. The van der Waals surface area contributed by atoms with Gasteiger partial charge in [-0.15, -0.1) is 0 Å². The zero-order valence-electron chi connectivity index (χ0n) is 14.3. The molecule has 3 nitrogen and oxygen atoms in total. The summed E-state index contributed by atoms with van der Waals surface area (Å²) < 4.78 is 0. The molecule has 2 aromatic rings. The highest BCUT2D eigenvalue weighted by Crippen LogP contribution is 2.28. The zero-order valence-corrected chi connectivity index (χ0v) is 14.3. The van der Waals surface area contributed by atoms with Crippen molar-refractivity contribution in [1.29, 1.82) is 0 Å². The molecule has 0 amide bonds. The van der Waals surface area contributed by atoms with Gasteiger partial charge >= 0.3 is 0 Å². The van der Waals surface area contributed by atoms with Crippen LogP contribution in [0.2, 0.25) is 0 Å². The van der Waals surface area contributed by atoms with Gasteiger partial charge in [0.1, 0.15) is 0 Å². The minimum Gasteiger partial charge on any atom is -0.314 e. The lowest BCUT2D eigenvalue weighted by Gasteiger charge is -2.29. The summed E-state index contributed by atoms with van der Waals surface area (Å²) >= 11 is 0. The van der Waals surface area contributed by atoms with Crippen molar-refractivity contribution in [3.05, 3.63) is 53.3 Å². The van der Waals surface area contributed by atoms with E-state index < -0.39 is 0 Å². The Labute approximate surface area is 134 Å². The number of nitrogens with zero attached hydrogens (tertiary/aromatic N) is 1. The molecule has 3 heteroatoms. The second kappa shape index (κ2) is 7.59. The molecule has 1 aromatic carbocycles. The summed E-state index contributed by atoms with van der Waals surface area (Å²) in [4.78, 5) is 0. The maximum Gasteiger partial charge on any atom is 0.0522 e. The second-order valence-electron chi connectivity index (χ2n) is 6.93. The van der Waals surface area contributed by atoms with Gasteiger partial charge in [0.05, 0.1) is 6.20 Å². The molecular weight excluding hydrogens is 270 g/mol. The molecule has 0 aliphatic rings. The predicted octanol–water partition coefficient (Wildman–Crippen LogP) is 4.00. The first-order valence-electron chi connectivity index (χ1n) is 8.27. The largest absolute Gasteiger partial charge is 0.314 e. The van der Waals surface area contributed by atoms with Crippen LogP contribution in [0, 0.1) is 6.92 Å². The van der Waals surface area contributed by atoms with Crippen molar-refractivity contribution in [3.63, 3.8) is 0 Å². The zero-order chi connectivity index (χ0) is 16.0. The average molecular weight is 299 g/mol. The van der Waals surface area contributed by atoms with Crippen LogP contribution in [0.5, 0.6) is 0 Å². The number of hydrogen-bond donors (Lipinski definition) is 2. The molecule has 0 aliphatic heterocycles. The van der Waals surface area contributed by atoms with Gasteiger partial charge in [0.2, 0.25) is 0 Å². The van der Waals surface area contributed by atoms with E-state index in [9.17, 15) is 0 Å². The van der Waals surface area contributed by atoms with Gasteiger partial charge < -0.3 is 5.32 Å². The lowest BCUT2D eigenvalue weighted by atomic mass is 9.79. The lowest BCUT2D eigenvalue weighted by Crippen LogP contribution is -2.34. The molecule has 0 aliphatic carbocycles. The number of aryl methyl sites for hydroxylation is 2. The molecule has 1 unspecified atom stereocenters. The first-order valence-corrected chi connectivity index (χ1v) is 8.27. The van der Waals surface area contributed by atoms with E-state index in [-0.39, 0.29) is 5.41 Å². The van der Waals surface area contributed by atoms with Gasteiger partial charge in [-0.05, 0) is 56.2 Å². The third kappa shape index (κ3) is 4.70. The standard InChI is InChI=1S/C19H29N3/c1-15(13-19(3,4)18-10-6-5-7-11-18)20-12-8-9-17-14-21-22-16(17)2/h5-7,10-11,14-15,20H,8-9,12-13H2,1-4H3,(H,21,22). The monoisotopic (exact) mass is 299 g/mol. The summed E-state index contributed by atoms with van der Waals surface area (Å²) in [6.45, 7) is 10.1. The van der Waals surface area contributed by atoms with E-state index in [1.54, 1.807) is 0 Å². The molecule has 0 radical (unpaired) electrons. The Morgan fingerprint density at radius 2 is 1.95 bits per heavy atom. The van der Waals surface area contributed by atoms with Crippen LogP contribution in [0.25, 0.3) is 0 Å². The molecule has 2 N–H and O–H groups in total.